The summed E-state index contributed by atoms with van der Waals surface area (Å²) >= 11 is 0. The molecule has 0 bridgehead atoms. The fourth-order valence-corrected chi connectivity index (χ4v) is 5.80. The van der Waals surface area contributed by atoms with Gasteiger partial charge in [0, 0.05) is 12.8 Å². The van der Waals surface area contributed by atoms with E-state index in [-0.39, 0.29) is 26.1 Å². The summed E-state index contributed by atoms with van der Waals surface area (Å²) < 4.78 is 34.1. The highest BCUT2D eigenvalue weighted by atomic mass is 31.2. The van der Waals surface area contributed by atoms with E-state index in [0.717, 1.165) is 77.0 Å². The molecule has 0 aliphatic heterocycles. The molecule has 0 rings (SSSR count). The summed E-state index contributed by atoms with van der Waals surface area (Å²) in [6.45, 7) is 4.02. The van der Waals surface area contributed by atoms with E-state index in [0.29, 0.717) is 23.9 Å². The minimum absolute atomic E-state index is 0.00267. The Labute approximate surface area is 383 Å². The minimum Gasteiger partial charge on any atom is -0.462 e. The second kappa shape index (κ2) is 43.2. The highest BCUT2D eigenvalue weighted by Gasteiger charge is 2.27. The van der Waals surface area contributed by atoms with Crippen molar-refractivity contribution in [1.82, 2.24) is 0 Å². The fourth-order valence-electron chi connectivity index (χ4n) is 5.06. The van der Waals surface area contributed by atoms with Crippen LogP contribution in [-0.2, 0) is 32.7 Å². The summed E-state index contributed by atoms with van der Waals surface area (Å²) in [5.41, 5.74) is 0. The Morgan fingerprint density at radius 2 is 0.841 bits per heavy atom. The molecule has 1 N–H and O–H groups in total. The number of allylic oxidation sites excluding steroid dienone is 24. The zero-order valence-corrected chi connectivity index (χ0v) is 40.4. The van der Waals surface area contributed by atoms with Crippen molar-refractivity contribution in [2.24, 2.45) is 0 Å². The molecule has 0 aliphatic rings. The molecular weight excluding hydrogens is 810 g/mol. The first kappa shape index (κ1) is 58.9. The monoisotopic (exact) mass is 893 g/mol. The van der Waals surface area contributed by atoms with E-state index >= 15 is 0 Å². The number of esters is 2. The van der Waals surface area contributed by atoms with Crippen molar-refractivity contribution in [3.05, 3.63) is 146 Å². The molecule has 0 amide bonds. The zero-order chi connectivity index (χ0) is 46.4. The molecule has 2 atom stereocenters. The first-order chi connectivity index (χ1) is 30.5. The smallest absolute Gasteiger partial charge is 0.462 e. The first-order valence-corrected chi connectivity index (χ1v) is 24.6. The molecule has 63 heavy (non-hydrogen) atoms. The standard InChI is InChI=1S/C53H82NO8P/c1-6-8-10-12-14-16-18-20-22-24-26-28-30-32-34-36-38-40-42-44-46-53(56)62-51(50-61-63(57,58)60-48-47-54(3,4)5)49-59-52(55)45-43-41-39-37-35-33-31-29-27-25-23-21-19-17-15-13-11-9-7-2/h9-12,15-18,21-24,27-30,33-36,39-42,51H,6-8,13-14,19-20,25-26,31-32,37-38,43-50H2,1-5H3/p+1/b11-9-,12-10-,17-15-,18-16-,23-21-,24-22-,29-27-,30-28-,35-33-,36-34-,41-39-,42-40-/t51-/m1/s1. The Balaban J connectivity index is 4.62. The number of nitrogens with zero attached hydrogens (tertiary/aromatic N) is 1. The van der Waals surface area contributed by atoms with Crippen LogP contribution in [0.15, 0.2) is 146 Å². The lowest BCUT2D eigenvalue weighted by Gasteiger charge is -2.24. The van der Waals surface area contributed by atoms with Crippen LogP contribution >= 0.6 is 7.82 Å². The molecular formula is C53H83NO8P+. The van der Waals surface area contributed by atoms with Crippen LogP contribution in [0.1, 0.15) is 123 Å². The van der Waals surface area contributed by atoms with Gasteiger partial charge >= 0.3 is 19.8 Å². The number of hydrogen-bond acceptors (Lipinski definition) is 7. The Morgan fingerprint density at radius 1 is 0.492 bits per heavy atom. The zero-order valence-electron chi connectivity index (χ0n) is 39.5. The van der Waals surface area contributed by atoms with E-state index in [2.05, 4.69) is 135 Å². The number of carbonyl (C=O) groups is 2. The first-order valence-electron chi connectivity index (χ1n) is 23.1. The Morgan fingerprint density at radius 3 is 1.21 bits per heavy atom. The quantitative estimate of drug-likeness (QED) is 0.0281. The van der Waals surface area contributed by atoms with E-state index in [9.17, 15) is 19.0 Å². The highest BCUT2D eigenvalue weighted by molar-refractivity contribution is 7.47. The lowest BCUT2D eigenvalue weighted by atomic mass is 10.2. The number of quaternary nitrogens is 1. The molecule has 0 radical (unpaired) electrons. The summed E-state index contributed by atoms with van der Waals surface area (Å²) in [5.74, 6) is -1.01. The van der Waals surface area contributed by atoms with Gasteiger partial charge in [-0.1, -0.05) is 166 Å². The lowest BCUT2D eigenvalue weighted by molar-refractivity contribution is -0.870. The third-order valence-electron chi connectivity index (χ3n) is 8.61. The molecule has 0 aliphatic carbocycles. The number of hydrogen-bond donors (Lipinski definition) is 1. The van der Waals surface area contributed by atoms with Crippen LogP contribution in [0.4, 0.5) is 0 Å². The molecule has 0 saturated heterocycles. The summed E-state index contributed by atoms with van der Waals surface area (Å²) in [5, 5.41) is 0. The van der Waals surface area contributed by atoms with Crippen molar-refractivity contribution < 1.29 is 42.1 Å². The van der Waals surface area contributed by atoms with Crippen LogP contribution in [0, 0.1) is 0 Å². The molecule has 10 heteroatoms. The van der Waals surface area contributed by atoms with Crippen LogP contribution in [0.25, 0.3) is 0 Å². The van der Waals surface area contributed by atoms with E-state index in [1.165, 1.54) is 6.42 Å². The van der Waals surface area contributed by atoms with Crippen LogP contribution < -0.4 is 0 Å². The van der Waals surface area contributed by atoms with Gasteiger partial charge in [0.15, 0.2) is 6.10 Å². The van der Waals surface area contributed by atoms with Crippen LogP contribution in [-0.4, -0.2) is 74.9 Å². The summed E-state index contributed by atoms with van der Waals surface area (Å²) in [4.78, 5) is 35.4. The van der Waals surface area contributed by atoms with E-state index < -0.39 is 32.5 Å². The molecule has 0 heterocycles. The highest BCUT2D eigenvalue weighted by Crippen LogP contribution is 2.43. The van der Waals surface area contributed by atoms with E-state index in [4.69, 9.17) is 18.5 Å². The van der Waals surface area contributed by atoms with Crippen LogP contribution in [0.5, 0.6) is 0 Å². The van der Waals surface area contributed by atoms with Gasteiger partial charge in [-0.15, -0.1) is 0 Å². The van der Waals surface area contributed by atoms with Gasteiger partial charge < -0.3 is 18.9 Å². The maximum atomic E-state index is 12.7. The normalized spacial score (nSPS) is 14.8. The minimum atomic E-state index is -4.43. The van der Waals surface area contributed by atoms with Crippen molar-refractivity contribution >= 4 is 19.8 Å². The molecule has 0 saturated carbocycles. The van der Waals surface area contributed by atoms with Gasteiger partial charge in [0.25, 0.3) is 0 Å². The van der Waals surface area contributed by atoms with Crippen molar-refractivity contribution in [2.45, 2.75) is 129 Å². The van der Waals surface area contributed by atoms with E-state index in [1.807, 2.05) is 45.4 Å². The number of carbonyl (C=O) groups excluding carboxylic acids is 2. The Bertz CT molecular complexity index is 1570. The number of ether oxygens (including phenoxy) is 2. The predicted molar refractivity (Wildman–Crippen MR) is 265 cm³/mol. The van der Waals surface area contributed by atoms with E-state index in [1.54, 1.807) is 0 Å². The van der Waals surface area contributed by atoms with Gasteiger partial charge in [-0.3, -0.25) is 18.6 Å². The van der Waals surface area contributed by atoms with Gasteiger partial charge in [0.2, 0.25) is 0 Å². The molecule has 0 aromatic heterocycles. The topological polar surface area (TPSA) is 108 Å². The number of likely N-dealkylation sites (N-methyl/N-ethyl adjacent to an activating group) is 1. The third kappa shape index (κ3) is 47.2. The van der Waals surface area contributed by atoms with Gasteiger partial charge in [0.1, 0.15) is 19.8 Å². The van der Waals surface area contributed by atoms with Gasteiger partial charge in [-0.25, -0.2) is 4.57 Å². The summed E-state index contributed by atoms with van der Waals surface area (Å²) in [6, 6.07) is 0. The summed E-state index contributed by atoms with van der Waals surface area (Å²) in [7, 11) is 1.36. The van der Waals surface area contributed by atoms with Crippen molar-refractivity contribution in [3.8, 4) is 0 Å². The molecule has 352 valence electrons. The van der Waals surface area contributed by atoms with Gasteiger partial charge in [-0.2, -0.15) is 0 Å². The van der Waals surface area contributed by atoms with Gasteiger partial charge in [-0.05, 0) is 89.9 Å². The number of unbranched alkanes of at least 4 members (excludes halogenated alkanes) is 1. The Hall–Kier alpha value is -4.11. The average molecular weight is 893 g/mol. The second-order valence-corrected chi connectivity index (χ2v) is 17.1. The maximum Gasteiger partial charge on any atom is 0.472 e. The molecule has 0 fully saturated rings. The fraction of sp³-hybridized carbons (Fsp3) is 0.509. The molecule has 0 spiro atoms. The van der Waals surface area contributed by atoms with Crippen molar-refractivity contribution in [2.75, 3.05) is 47.5 Å². The number of phosphoric ester groups is 1. The average Bonchev–Trinajstić information content (AvgIpc) is 3.24. The maximum absolute atomic E-state index is 12.7. The molecule has 9 nitrogen and oxygen atoms in total. The van der Waals surface area contributed by atoms with Crippen LogP contribution in [0.2, 0.25) is 0 Å². The largest absolute Gasteiger partial charge is 0.472 e. The molecule has 0 aromatic rings. The third-order valence-corrected chi connectivity index (χ3v) is 9.60. The second-order valence-electron chi connectivity index (χ2n) is 15.7. The number of rotatable bonds is 39. The SMILES string of the molecule is CC/C=C\C/C=C\C/C=C\C/C=C\C/C=C\C/C=C\CCC(=O)OC[C@H](COP(=O)(O)OCC[N+](C)(C)C)OC(=O)CC/C=C\C/C=C\C/C=C\C/C=C\C/C=C\C/C=C\CCC. The predicted octanol–water partition coefficient (Wildman–Crippen LogP) is 13.6. The summed E-state index contributed by atoms with van der Waals surface area (Å²) in [6.07, 6.45) is 63.6. The molecule has 0 aromatic carbocycles. The van der Waals surface area contributed by atoms with Crippen molar-refractivity contribution in [3.63, 3.8) is 0 Å². The van der Waals surface area contributed by atoms with Gasteiger partial charge in [0.05, 0.1) is 27.7 Å². The lowest BCUT2D eigenvalue weighted by Crippen LogP contribution is -2.37. The van der Waals surface area contributed by atoms with Crippen molar-refractivity contribution in [1.29, 1.82) is 0 Å². The number of phosphoric acid groups is 1. The molecule has 1 unspecified atom stereocenters. The Kier molecular flexibility index (Phi) is 40.3. The van der Waals surface area contributed by atoms with Crippen LogP contribution in [0.3, 0.4) is 0 Å².